The molecule has 0 amide bonds. The predicted octanol–water partition coefficient (Wildman–Crippen LogP) is 8.23. The lowest BCUT2D eigenvalue weighted by molar-refractivity contribution is -0.363. The number of hydrogen-bond acceptors (Lipinski definition) is 3. The molecule has 0 saturated carbocycles. The summed E-state index contributed by atoms with van der Waals surface area (Å²) in [4.78, 5) is 0.339. The van der Waals surface area contributed by atoms with E-state index < -0.39 is 60.0 Å². The van der Waals surface area contributed by atoms with Gasteiger partial charge in [-0.2, -0.15) is 48.3 Å². The normalized spacial score (nSPS) is 14.0. The molecule has 0 fully saturated rings. The second-order valence-corrected chi connectivity index (χ2v) is 8.39. The van der Waals surface area contributed by atoms with Crippen LogP contribution in [0.25, 0.3) is 0 Å². The van der Waals surface area contributed by atoms with Crippen molar-refractivity contribution in [2.75, 3.05) is 11.4 Å². The van der Waals surface area contributed by atoms with Crippen LogP contribution in [-0.4, -0.2) is 35.8 Å². The molecule has 2 aromatic carbocycles. The molecule has 2 rings (SSSR count). The molecule has 0 heterocycles. The summed E-state index contributed by atoms with van der Waals surface area (Å²) < 4.78 is 153. The number of halogens is 11. The van der Waals surface area contributed by atoms with E-state index in [4.69, 9.17) is 4.74 Å². The fourth-order valence-electron chi connectivity index (χ4n) is 3.39. The largest absolute Gasteiger partial charge is 0.458 e. The molecule has 1 N–H and O–H groups in total. The zero-order chi connectivity index (χ0) is 30.6. The topological polar surface area (TPSA) is 32.7 Å². The van der Waals surface area contributed by atoms with Crippen LogP contribution in [0, 0.1) is 0 Å². The second kappa shape index (κ2) is 11.9. The van der Waals surface area contributed by atoms with Gasteiger partial charge in [0.1, 0.15) is 11.5 Å². The van der Waals surface area contributed by atoms with Crippen molar-refractivity contribution >= 4 is 5.69 Å². The van der Waals surface area contributed by atoms with Crippen LogP contribution in [0.2, 0.25) is 0 Å². The van der Waals surface area contributed by atoms with Crippen molar-refractivity contribution in [3.63, 3.8) is 0 Å². The molecule has 0 unspecified atom stereocenters. The molecule has 40 heavy (non-hydrogen) atoms. The van der Waals surface area contributed by atoms with Crippen LogP contribution in [0.3, 0.4) is 0 Å². The Hall–Kier alpha value is -3.55. The van der Waals surface area contributed by atoms with Crippen LogP contribution in [0.1, 0.15) is 18.1 Å². The molecular formula is C26H22F11NO2. The molecule has 0 spiro atoms. The maximum atomic E-state index is 13.9. The third-order valence-electron chi connectivity index (χ3n) is 5.41. The maximum Gasteiger partial charge on any atom is 0.458 e. The minimum atomic E-state index is -6.24. The summed E-state index contributed by atoms with van der Waals surface area (Å²) in [6.45, 7) is 1.88. The standard InChI is InChI=1S/C26H22F11NO2/c1-3-7-20(8-4-2)40-21-12-6-11-19(14-21)38(16-22(39,24(29,30)31)25(32,33)34)15-17-9-5-10-18(13-17)23(27,28)26(35,36)37/h3-14,39H,1,15-16H2,2H3/b8-4-,20-7+. The van der Waals surface area contributed by atoms with Gasteiger partial charge in [0.2, 0.25) is 0 Å². The molecule has 0 aliphatic heterocycles. The quantitative estimate of drug-likeness (QED) is 0.172. The Morgan fingerprint density at radius 3 is 2.00 bits per heavy atom. The van der Waals surface area contributed by atoms with Gasteiger partial charge in [0.15, 0.2) is 0 Å². The molecule has 0 aromatic heterocycles. The minimum absolute atomic E-state index is 0.0892. The Morgan fingerprint density at radius 1 is 0.875 bits per heavy atom. The summed E-state index contributed by atoms with van der Waals surface area (Å²) in [6.07, 6.45) is -12.8. The fraction of sp³-hybridized carbons (Fsp3) is 0.308. The molecule has 0 bridgehead atoms. The van der Waals surface area contributed by atoms with E-state index in [1.165, 1.54) is 30.4 Å². The van der Waals surface area contributed by atoms with E-state index in [1.54, 1.807) is 13.0 Å². The van der Waals surface area contributed by atoms with Crippen molar-refractivity contribution < 1.29 is 58.1 Å². The van der Waals surface area contributed by atoms with E-state index in [9.17, 15) is 53.4 Å². The number of rotatable bonds is 10. The van der Waals surface area contributed by atoms with E-state index >= 15 is 0 Å². The highest BCUT2D eigenvalue weighted by atomic mass is 19.4. The first-order valence-electron chi connectivity index (χ1n) is 11.1. The van der Waals surface area contributed by atoms with Crippen LogP contribution < -0.4 is 9.64 Å². The van der Waals surface area contributed by atoms with Crippen molar-refractivity contribution in [1.82, 2.24) is 0 Å². The van der Waals surface area contributed by atoms with Crippen molar-refractivity contribution in [2.45, 2.75) is 43.5 Å². The molecule has 3 nitrogen and oxygen atoms in total. The van der Waals surface area contributed by atoms with Gasteiger partial charge in [-0.3, -0.25) is 0 Å². The predicted molar refractivity (Wildman–Crippen MR) is 125 cm³/mol. The zero-order valence-corrected chi connectivity index (χ0v) is 20.5. The van der Waals surface area contributed by atoms with Crippen LogP contribution in [0.15, 0.2) is 85.2 Å². The van der Waals surface area contributed by atoms with Gasteiger partial charge in [0, 0.05) is 23.9 Å². The number of hydrogen-bond donors (Lipinski definition) is 1. The first kappa shape index (κ1) is 32.7. The Bertz CT molecular complexity index is 1210. The number of ether oxygens (including phenoxy) is 1. The van der Waals surface area contributed by atoms with Gasteiger partial charge in [-0.15, -0.1) is 0 Å². The zero-order valence-electron chi connectivity index (χ0n) is 20.5. The van der Waals surface area contributed by atoms with Gasteiger partial charge in [-0.25, -0.2) is 0 Å². The molecule has 14 heteroatoms. The fourth-order valence-corrected chi connectivity index (χ4v) is 3.39. The van der Waals surface area contributed by atoms with Gasteiger partial charge in [0.05, 0.1) is 6.54 Å². The van der Waals surface area contributed by atoms with Gasteiger partial charge in [0.25, 0.3) is 5.60 Å². The van der Waals surface area contributed by atoms with E-state index in [1.807, 2.05) is 0 Å². The monoisotopic (exact) mass is 589 g/mol. The van der Waals surface area contributed by atoms with Crippen molar-refractivity contribution in [3.05, 3.63) is 96.3 Å². The van der Waals surface area contributed by atoms with Gasteiger partial charge < -0.3 is 14.7 Å². The van der Waals surface area contributed by atoms with E-state index in [-0.39, 0.29) is 11.5 Å². The van der Waals surface area contributed by atoms with E-state index in [0.29, 0.717) is 17.0 Å². The summed E-state index contributed by atoms with van der Waals surface area (Å²) in [6, 6.07) is 6.91. The number of benzene rings is 2. The lowest BCUT2D eigenvalue weighted by Crippen LogP contribution is -2.62. The van der Waals surface area contributed by atoms with E-state index in [2.05, 4.69) is 6.58 Å². The molecule has 0 radical (unpaired) electrons. The molecule has 0 aliphatic carbocycles. The number of anilines is 1. The first-order valence-corrected chi connectivity index (χ1v) is 11.1. The van der Waals surface area contributed by atoms with Crippen molar-refractivity contribution in [3.8, 4) is 5.75 Å². The molecular weight excluding hydrogens is 567 g/mol. The smallest absolute Gasteiger partial charge is 0.457 e. The molecule has 0 atom stereocenters. The van der Waals surface area contributed by atoms with Crippen molar-refractivity contribution in [2.24, 2.45) is 0 Å². The second-order valence-electron chi connectivity index (χ2n) is 8.39. The molecule has 220 valence electrons. The highest BCUT2D eigenvalue weighted by Crippen LogP contribution is 2.46. The first-order chi connectivity index (χ1) is 18.3. The van der Waals surface area contributed by atoms with Gasteiger partial charge >= 0.3 is 24.5 Å². The highest BCUT2D eigenvalue weighted by Gasteiger charge is 2.71. The lowest BCUT2D eigenvalue weighted by Gasteiger charge is -2.38. The van der Waals surface area contributed by atoms with Crippen LogP contribution in [0.4, 0.5) is 54.0 Å². The van der Waals surface area contributed by atoms with Gasteiger partial charge in [-0.1, -0.05) is 43.0 Å². The average molecular weight is 589 g/mol. The van der Waals surface area contributed by atoms with Crippen molar-refractivity contribution in [1.29, 1.82) is 0 Å². The summed E-state index contributed by atoms with van der Waals surface area (Å²) in [5.74, 6) is -5.28. The minimum Gasteiger partial charge on any atom is -0.457 e. The van der Waals surface area contributed by atoms with Crippen LogP contribution in [0.5, 0.6) is 5.75 Å². The lowest BCUT2D eigenvalue weighted by atomic mass is 10.00. The third kappa shape index (κ3) is 7.34. The van der Waals surface area contributed by atoms with E-state index in [0.717, 1.165) is 24.3 Å². The van der Waals surface area contributed by atoms with Crippen LogP contribution in [-0.2, 0) is 12.5 Å². The Labute approximate surface area is 221 Å². The summed E-state index contributed by atoms with van der Waals surface area (Å²) in [7, 11) is 0. The maximum absolute atomic E-state index is 13.9. The number of allylic oxidation sites excluding steroid dienone is 4. The average Bonchev–Trinajstić information content (AvgIpc) is 2.82. The molecule has 0 aliphatic rings. The Morgan fingerprint density at radius 2 is 1.48 bits per heavy atom. The molecule has 2 aromatic rings. The number of alkyl halides is 11. The van der Waals surface area contributed by atoms with Crippen LogP contribution >= 0.6 is 0 Å². The Balaban J connectivity index is 2.64. The summed E-state index contributed by atoms with van der Waals surface area (Å²) in [5, 5.41) is 9.82. The van der Waals surface area contributed by atoms with Gasteiger partial charge in [-0.05, 0) is 42.8 Å². The SMILES string of the molecule is C=C/C=C(\C=C/C)Oc1cccc(N(Cc2cccc(C(F)(F)C(F)(F)F)c2)CC(O)(C(F)(F)F)C(F)(F)F)c1. The summed E-state index contributed by atoms with van der Waals surface area (Å²) in [5.41, 5.74) is -7.79. The number of aliphatic hydroxyl groups is 1. The third-order valence-corrected chi connectivity index (χ3v) is 5.41. The highest BCUT2D eigenvalue weighted by molar-refractivity contribution is 5.52. The Kier molecular flexibility index (Phi) is 9.72. The number of nitrogens with zero attached hydrogens (tertiary/aromatic N) is 1. The molecule has 0 saturated heterocycles. The summed E-state index contributed by atoms with van der Waals surface area (Å²) >= 11 is 0.